The van der Waals surface area contributed by atoms with E-state index in [1.807, 2.05) is 7.05 Å². The quantitative estimate of drug-likeness (QED) is 0.551. The van der Waals surface area contributed by atoms with Gasteiger partial charge in [-0.25, -0.2) is 4.98 Å². The largest absolute Gasteiger partial charge is 0.395 e. The number of imidazole rings is 1. The second-order valence-corrected chi connectivity index (χ2v) is 2.45. The minimum absolute atomic E-state index is 0.121. The second kappa shape index (κ2) is 4.10. The highest BCUT2D eigenvalue weighted by Crippen LogP contribution is 1.96. The van der Waals surface area contributed by atoms with Crippen molar-refractivity contribution in [2.24, 2.45) is 0 Å². The molecule has 4 nitrogen and oxygen atoms in total. The third-order valence-electron chi connectivity index (χ3n) is 1.65. The van der Waals surface area contributed by atoms with Crippen LogP contribution >= 0.6 is 0 Å². The highest BCUT2D eigenvalue weighted by molar-refractivity contribution is 4.97. The number of hydrogen-bond donors (Lipinski definition) is 3. The Balaban J connectivity index is 2.41. The minimum Gasteiger partial charge on any atom is -0.395 e. The monoisotopic (exact) mass is 155 g/mol. The van der Waals surface area contributed by atoms with E-state index in [4.69, 9.17) is 5.11 Å². The molecular formula is C7H13N3O. The third-order valence-corrected chi connectivity index (χ3v) is 1.65. The molecule has 0 saturated carbocycles. The number of hydrogen-bond acceptors (Lipinski definition) is 3. The number of likely N-dealkylation sites (N-methyl/N-ethyl adjacent to an activating group) is 1. The van der Waals surface area contributed by atoms with Gasteiger partial charge in [-0.3, -0.25) is 0 Å². The lowest BCUT2D eigenvalue weighted by atomic mass is 10.2. The molecule has 11 heavy (non-hydrogen) atoms. The van der Waals surface area contributed by atoms with Crippen molar-refractivity contribution in [3.63, 3.8) is 0 Å². The first-order valence-electron chi connectivity index (χ1n) is 3.62. The van der Waals surface area contributed by atoms with Gasteiger partial charge in [0.05, 0.1) is 12.9 Å². The number of nitrogens with zero attached hydrogens (tertiary/aromatic N) is 1. The van der Waals surface area contributed by atoms with Crippen LogP contribution in [0.25, 0.3) is 0 Å². The highest BCUT2D eigenvalue weighted by Gasteiger charge is 2.05. The average molecular weight is 155 g/mol. The Morgan fingerprint density at radius 1 is 1.82 bits per heavy atom. The number of aliphatic hydroxyl groups is 1. The number of rotatable bonds is 4. The standard InChI is InChI=1S/C7H13N3O/c1-8-7(4-11)2-6-3-9-5-10-6/h3,5,7-8,11H,2,4H2,1H3,(H,9,10)/t7-/m0/s1. The molecule has 1 rings (SSSR count). The summed E-state index contributed by atoms with van der Waals surface area (Å²) in [6.07, 6.45) is 4.19. The van der Waals surface area contributed by atoms with Gasteiger partial charge >= 0.3 is 0 Å². The molecule has 0 aliphatic carbocycles. The van der Waals surface area contributed by atoms with Gasteiger partial charge in [0, 0.05) is 24.4 Å². The molecule has 1 heterocycles. The van der Waals surface area contributed by atoms with Crippen LogP contribution in [0.15, 0.2) is 12.5 Å². The molecule has 0 fully saturated rings. The van der Waals surface area contributed by atoms with Gasteiger partial charge in [0.2, 0.25) is 0 Å². The molecule has 0 unspecified atom stereocenters. The van der Waals surface area contributed by atoms with Gasteiger partial charge in [-0.2, -0.15) is 0 Å². The Morgan fingerprint density at radius 3 is 3.09 bits per heavy atom. The maximum Gasteiger partial charge on any atom is 0.0921 e. The molecule has 0 aromatic carbocycles. The fourth-order valence-electron chi connectivity index (χ4n) is 0.920. The van der Waals surface area contributed by atoms with Crippen LogP contribution in [0.3, 0.4) is 0 Å². The Labute approximate surface area is 65.7 Å². The fourth-order valence-corrected chi connectivity index (χ4v) is 0.920. The van der Waals surface area contributed by atoms with Crippen LogP contribution in [0.5, 0.6) is 0 Å². The van der Waals surface area contributed by atoms with Crippen LogP contribution in [0.1, 0.15) is 5.69 Å². The average Bonchev–Trinajstić information content (AvgIpc) is 2.52. The SMILES string of the molecule is CN[C@H](CO)Cc1cnc[nH]1. The molecule has 0 amide bonds. The van der Waals surface area contributed by atoms with Crippen molar-refractivity contribution in [2.45, 2.75) is 12.5 Å². The molecule has 1 aromatic heterocycles. The van der Waals surface area contributed by atoms with Gasteiger partial charge in [0.1, 0.15) is 0 Å². The van der Waals surface area contributed by atoms with E-state index in [2.05, 4.69) is 15.3 Å². The first-order chi connectivity index (χ1) is 5.36. The van der Waals surface area contributed by atoms with Gasteiger partial charge in [-0.1, -0.05) is 0 Å². The van der Waals surface area contributed by atoms with E-state index in [-0.39, 0.29) is 12.6 Å². The topological polar surface area (TPSA) is 60.9 Å². The van der Waals surface area contributed by atoms with Crippen LogP contribution in [-0.2, 0) is 6.42 Å². The van der Waals surface area contributed by atoms with E-state index in [0.717, 1.165) is 12.1 Å². The van der Waals surface area contributed by atoms with Crippen molar-refractivity contribution < 1.29 is 5.11 Å². The van der Waals surface area contributed by atoms with Crippen LogP contribution in [0, 0.1) is 0 Å². The summed E-state index contributed by atoms with van der Waals surface area (Å²) in [6.45, 7) is 0.148. The van der Waals surface area contributed by atoms with Crippen molar-refractivity contribution in [3.05, 3.63) is 18.2 Å². The number of aliphatic hydroxyl groups excluding tert-OH is 1. The summed E-state index contributed by atoms with van der Waals surface area (Å²) in [4.78, 5) is 6.85. The molecule has 1 atom stereocenters. The maximum atomic E-state index is 8.83. The first kappa shape index (κ1) is 8.23. The highest BCUT2D eigenvalue weighted by atomic mass is 16.3. The number of aromatic amines is 1. The van der Waals surface area contributed by atoms with Gasteiger partial charge in [0.15, 0.2) is 0 Å². The van der Waals surface area contributed by atoms with Gasteiger partial charge < -0.3 is 15.4 Å². The molecule has 3 N–H and O–H groups in total. The van der Waals surface area contributed by atoms with Crippen molar-refractivity contribution in [2.75, 3.05) is 13.7 Å². The Morgan fingerprint density at radius 2 is 2.64 bits per heavy atom. The molecule has 62 valence electrons. The van der Waals surface area contributed by atoms with Crippen molar-refractivity contribution in [3.8, 4) is 0 Å². The molecule has 4 heteroatoms. The summed E-state index contributed by atoms with van der Waals surface area (Å²) in [7, 11) is 1.83. The van der Waals surface area contributed by atoms with E-state index in [9.17, 15) is 0 Å². The fraction of sp³-hybridized carbons (Fsp3) is 0.571. The smallest absolute Gasteiger partial charge is 0.0921 e. The van der Waals surface area contributed by atoms with Crippen LogP contribution < -0.4 is 5.32 Å². The molecule has 0 saturated heterocycles. The minimum atomic E-state index is 0.121. The van der Waals surface area contributed by atoms with Gasteiger partial charge in [0.25, 0.3) is 0 Å². The summed E-state index contributed by atoms with van der Waals surface area (Å²) < 4.78 is 0. The zero-order valence-electron chi connectivity index (χ0n) is 6.54. The van der Waals surface area contributed by atoms with E-state index in [0.29, 0.717) is 0 Å². The number of aromatic nitrogens is 2. The molecule has 0 aliphatic rings. The Bertz CT molecular complexity index is 182. The molecule has 0 radical (unpaired) electrons. The van der Waals surface area contributed by atoms with E-state index < -0.39 is 0 Å². The summed E-state index contributed by atoms with van der Waals surface area (Å²) in [5.41, 5.74) is 1.04. The number of nitrogens with one attached hydrogen (secondary N) is 2. The lowest BCUT2D eigenvalue weighted by Crippen LogP contribution is -2.31. The predicted molar refractivity (Wildman–Crippen MR) is 42.2 cm³/mol. The predicted octanol–water partition coefficient (Wildman–Crippen LogP) is -0.468. The molecular weight excluding hydrogens is 142 g/mol. The zero-order valence-corrected chi connectivity index (χ0v) is 6.54. The van der Waals surface area contributed by atoms with Crippen molar-refractivity contribution in [1.82, 2.24) is 15.3 Å². The Hall–Kier alpha value is -0.870. The summed E-state index contributed by atoms with van der Waals surface area (Å²) in [5, 5.41) is 11.8. The third kappa shape index (κ3) is 2.32. The lowest BCUT2D eigenvalue weighted by Gasteiger charge is -2.10. The van der Waals surface area contributed by atoms with Crippen LogP contribution in [-0.4, -0.2) is 34.8 Å². The molecule has 0 aliphatic heterocycles. The normalized spacial score (nSPS) is 13.3. The van der Waals surface area contributed by atoms with Gasteiger partial charge in [-0.15, -0.1) is 0 Å². The lowest BCUT2D eigenvalue weighted by molar-refractivity contribution is 0.247. The number of H-pyrrole nitrogens is 1. The first-order valence-corrected chi connectivity index (χ1v) is 3.62. The summed E-state index contributed by atoms with van der Waals surface area (Å²) >= 11 is 0. The van der Waals surface area contributed by atoms with Gasteiger partial charge in [-0.05, 0) is 7.05 Å². The second-order valence-electron chi connectivity index (χ2n) is 2.45. The van der Waals surface area contributed by atoms with E-state index >= 15 is 0 Å². The van der Waals surface area contributed by atoms with E-state index in [1.54, 1.807) is 12.5 Å². The summed E-state index contributed by atoms with van der Waals surface area (Å²) in [5.74, 6) is 0. The molecule has 0 bridgehead atoms. The van der Waals surface area contributed by atoms with Crippen LogP contribution in [0.4, 0.5) is 0 Å². The van der Waals surface area contributed by atoms with Crippen LogP contribution in [0.2, 0.25) is 0 Å². The van der Waals surface area contributed by atoms with Crippen molar-refractivity contribution >= 4 is 0 Å². The zero-order chi connectivity index (χ0) is 8.10. The molecule has 0 spiro atoms. The molecule has 1 aromatic rings. The maximum absolute atomic E-state index is 8.83. The van der Waals surface area contributed by atoms with E-state index in [1.165, 1.54) is 0 Å². The van der Waals surface area contributed by atoms with Crippen molar-refractivity contribution in [1.29, 1.82) is 0 Å². The summed E-state index contributed by atoms with van der Waals surface area (Å²) in [6, 6.07) is 0.121. The Kier molecular flexibility index (Phi) is 3.07.